The predicted molar refractivity (Wildman–Crippen MR) is 134 cm³/mol. The van der Waals surface area contributed by atoms with Crippen LogP contribution < -0.4 is 19.5 Å². The standard InChI is InChI=1S/C27H26N4O5/c1-3-33-14-15-34-27-29-25(19-8-13-23-24(16-19)36-17-35-23)31(30-27)21-11-9-20(10-12-21)28-26(32)22-7-5-4-6-18(22)2/h4-13,16H,3,14-15,17H2,1-2H3,(H,28,32). The average molecular weight is 487 g/mol. The Morgan fingerprint density at radius 2 is 1.83 bits per heavy atom. The minimum absolute atomic E-state index is 0.160. The van der Waals surface area contributed by atoms with Gasteiger partial charge in [0.05, 0.1) is 12.3 Å². The van der Waals surface area contributed by atoms with Gasteiger partial charge in [0.1, 0.15) is 6.61 Å². The number of aryl methyl sites for hydroxylation is 1. The minimum Gasteiger partial charge on any atom is -0.460 e. The number of anilines is 1. The number of benzene rings is 3. The molecule has 184 valence electrons. The van der Waals surface area contributed by atoms with Gasteiger partial charge < -0.3 is 24.3 Å². The zero-order chi connectivity index (χ0) is 24.9. The van der Waals surface area contributed by atoms with Gasteiger partial charge in [-0.1, -0.05) is 18.2 Å². The Balaban J connectivity index is 1.41. The second-order valence-electron chi connectivity index (χ2n) is 8.06. The summed E-state index contributed by atoms with van der Waals surface area (Å²) in [5, 5.41) is 7.51. The van der Waals surface area contributed by atoms with E-state index < -0.39 is 0 Å². The van der Waals surface area contributed by atoms with Crippen LogP contribution in [-0.4, -0.2) is 47.3 Å². The van der Waals surface area contributed by atoms with Crippen LogP contribution in [0.3, 0.4) is 0 Å². The number of hydrogen-bond acceptors (Lipinski definition) is 7. The molecule has 1 aromatic heterocycles. The predicted octanol–water partition coefficient (Wildman–Crippen LogP) is 4.64. The van der Waals surface area contributed by atoms with Gasteiger partial charge >= 0.3 is 6.01 Å². The van der Waals surface area contributed by atoms with Crippen molar-refractivity contribution >= 4 is 11.6 Å². The number of carbonyl (C=O) groups is 1. The molecule has 0 fully saturated rings. The zero-order valence-electron chi connectivity index (χ0n) is 20.1. The summed E-state index contributed by atoms with van der Waals surface area (Å²) in [6.07, 6.45) is 0. The summed E-state index contributed by atoms with van der Waals surface area (Å²) in [6, 6.07) is 20.7. The fraction of sp³-hybridized carbons (Fsp3) is 0.222. The van der Waals surface area contributed by atoms with Gasteiger partial charge in [0.25, 0.3) is 5.91 Å². The third kappa shape index (κ3) is 5.01. The third-order valence-electron chi connectivity index (χ3n) is 5.64. The van der Waals surface area contributed by atoms with E-state index in [9.17, 15) is 4.79 Å². The number of rotatable bonds is 9. The van der Waals surface area contributed by atoms with Crippen molar-refractivity contribution < 1.29 is 23.7 Å². The molecule has 1 aliphatic heterocycles. The molecule has 1 aliphatic rings. The summed E-state index contributed by atoms with van der Waals surface area (Å²) < 4.78 is 23.7. The van der Waals surface area contributed by atoms with Crippen molar-refractivity contribution in [1.29, 1.82) is 0 Å². The van der Waals surface area contributed by atoms with Gasteiger partial charge in [-0.05, 0) is 67.9 Å². The molecule has 0 saturated carbocycles. The van der Waals surface area contributed by atoms with E-state index in [1.54, 1.807) is 10.7 Å². The van der Waals surface area contributed by atoms with Gasteiger partial charge in [-0.2, -0.15) is 4.98 Å². The van der Waals surface area contributed by atoms with Crippen LogP contribution in [-0.2, 0) is 4.74 Å². The average Bonchev–Trinajstić information content (AvgIpc) is 3.54. The van der Waals surface area contributed by atoms with E-state index in [0.29, 0.717) is 48.4 Å². The molecule has 1 N–H and O–H groups in total. The minimum atomic E-state index is -0.160. The Hall–Kier alpha value is -4.37. The summed E-state index contributed by atoms with van der Waals surface area (Å²) in [5.41, 5.74) is 3.77. The lowest BCUT2D eigenvalue weighted by atomic mass is 10.1. The smallest absolute Gasteiger partial charge is 0.336 e. The Morgan fingerprint density at radius 1 is 1.03 bits per heavy atom. The van der Waals surface area contributed by atoms with E-state index in [1.807, 2.05) is 74.5 Å². The maximum absolute atomic E-state index is 12.7. The van der Waals surface area contributed by atoms with Gasteiger partial charge in [0.15, 0.2) is 17.3 Å². The third-order valence-corrected chi connectivity index (χ3v) is 5.64. The Morgan fingerprint density at radius 3 is 2.64 bits per heavy atom. The summed E-state index contributed by atoms with van der Waals surface area (Å²) in [7, 11) is 0. The first kappa shape index (κ1) is 23.4. The van der Waals surface area contributed by atoms with Crippen molar-refractivity contribution in [2.24, 2.45) is 0 Å². The first-order valence-corrected chi connectivity index (χ1v) is 11.7. The molecule has 0 atom stereocenters. The topological polar surface area (TPSA) is 96.7 Å². The number of fused-ring (bicyclic) bond motifs is 1. The molecule has 9 heteroatoms. The second-order valence-corrected chi connectivity index (χ2v) is 8.06. The molecular weight excluding hydrogens is 460 g/mol. The Bertz CT molecular complexity index is 1370. The van der Waals surface area contributed by atoms with E-state index in [-0.39, 0.29) is 18.7 Å². The second kappa shape index (κ2) is 10.5. The summed E-state index contributed by atoms with van der Waals surface area (Å²) >= 11 is 0. The molecule has 0 spiro atoms. The van der Waals surface area contributed by atoms with E-state index in [1.165, 1.54) is 0 Å². The summed E-state index contributed by atoms with van der Waals surface area (Å²) in [4.78, 5) is 17.3. The number of nitrogens with zero attached hydrogens (tertiary/aromatic N) is 3. The molecule has 0 radical (unpaired) electrons. The molecule has 5 rings (SSSR count). The van der Waals surface area contributed by atoms with Gasteiger partial charge in [0, 0.05) is 23.4 Å². The normalized spacial score (nSPS) is 11.9. The molecule has 2 heterocycles. The van der Waals surface area contributed by atoms with Crippen molar-refractivity contribution in [3.63, 3.8) is 0 Å². The summed E-state index contributed by atoms with van der Waals surface area (Å²) in [5.74, 6) is 1.76. The molecule has 3 aromatic carbocycles. The fourth-order valence-electron chi connectivity index (χ4n) is 3.81. The van der Waals surface area contributed by atoms with Crippen molar-refractivity contribution in [2.45, 2.75) is 13.8 Å². The molecule has 4 aromatic rings. The van der Waals surface area contributed by atoms with Crippen LogP contribution in [0.1, 0.15) is 22.8 Å². The zero-order valence-corrected chi connectivity index (χ0v) is 20.1. The first-order chi connectivity index (χ1) is 17.6. The Kier molecular flexibility index (Phi) is 6.81. The monoisotopic (exact) mass is 486 g/mol. The van der Waals surface area contributed by atoms with Gasteiger partial charge in [0.2, 0.25) is 6.79 Å². The number of amides is 1. The highest BCUT2D eigenvalue weighted by Gasteiger charge is 2.19. The van der Waals surface area contributed by atoms with Crippen molar-refractivity contribution in [3.8, 4) is 34.6 Å². The maximum atomic E-state index is 12.7. The lowest BCUT2D eigenvalue weighted by Crippen LogP contribution is -2.13. The van der Waals surface area contributed by atoms with Gasteiger partial charge in [-0.15, -0.1) is 5.10 Å². The largest absolute Gasteiger partial charge is 0.460 e. The lowest BCUT2D eigenvalue weighted by Gasteiger charge is -2.10. The van der Waals surface area contributed by atoms with E-state index in [4.69, 9.17) is 18.9 Å². The SMILES string of the molecule is CCOCCOc1nc(-c2ccc3c(c2)OCO3)n(-c2ccc(NC(=O)c3ccccc3C)cc2)n1. The Labute approximate surface area is 208 Å². The van der Waals surface area contributed by atoms with Gasteiger partial charge in [-0.3, -0.25) is 4.79 Å². The molecule has 0 aliphatic carbocycles. The highest BCUT2D eigenvalue weighted by atomic mass is 16.7. The number of hydrogen-bond donors (Lipinski definition) is 1. The van der Waals surface area contributed by atoms with Crippen molar-refractivity contribution in [1.82, 2.24) is 14.8 Å². The highest BCUT2D eigenvalue weighted by molar-refractivity contribution is 6.05. The molecule has 36 heavy (non-hydrogen) atoms. The van der Waals surface area contributed by atoms with Crippen molar-refractivity contribution in [2.75, 3.05) is 31.9 Å². The van der Waals surface area contributed by atoms with Crippen molar-refractivity contribution in [3.05, 3.63) is 77.9 Å². The number of aromatic nitrogens is 3. The first-order valence-electron chi connectivity index (χ1n) is 11.7. The quantitative estimate of drug-likeness (QED) is 0.344. The van der Waals surface area contributed by atoms with Crippen LogP contribution in [0.4, 0.5) is 5.69 Å². The highest BCUT2D eigenvalue weighted by Crippen LogP contribution is 2.36. The van der Waals surface area contributed by atoms with Crippen LogP contribution in [0.25, 0.3) is 17.1 Å². The maximum Gasteiger partial charge on any atom is 0.336 e. The van der Waals surface area contributed by atoms with Crippen LogP contribution in [0.5, 0.6) is 17.5 Å². The van der Waals surface area contributed by atoms with Gasteiger partial charge in [-0.25, -0.2) is 4.68 Å². The van der Waals surface area contributed by atoms with E-state index in [2.05, 4.69) is 15.4 Å². The fourth-order valence-corrected chi connectivity index (χ4v) is 3.81. The van der Waals surface area contributed by atoms with Crippen LogP contribution in [0.15, 0.2) is 66.7 Å². The molecule has 0 saturated heterocycles. The molecule has 0 unspecified atom stereocenters. The molecule has 1 amide bonds. The molecule has 0 bridgehead atoms. The van der Waals surface area contributed by atoms with Crippen LogP contribution in [0.2, 0.25) is 0 Å². The van der Waals surface area contributed by atoms with E-state index in [0.717, 1.165) is 16.8 Å². The molecular formula is C27H26N4O5. The van der Waals surface area contributed by atoms with E-state index >= 15 is 0 Å². The van der Waals surface area contributed by atoms with Crippen LogP contribution >= 0.6 is 0 Å². The molecule has 9 nitrogen and oxygen atoms in total. The van der Waals surface area contributed by atoms with Crippen LogP contribution in [0, 0.1) is 6.92 Å². The number of nitrogens with one attached hydrogen (secondary N) is 1. The number of ether oxygens (including phenoxy) is 4. The number of carbonyl (C=O) groups excluding carboxylic acids is 1. The summed E-state index contributed by atoms with van der Waals surface area (Å²) in [6.45, 7) is 5.42. The lowest BCUT2D eigenvalue weighted by molar-refractivity contribution is 0.102.